The number of phenols is 1. The first kappa shape index (κ1) is 11.7. The molecule has 0 amide bonds. The normalized spacial score (nSPS) is 9.25. The Morgan fingerprint density at radius 2 is 2.31 bits per heavy atom. The van der Waals surface area contributed by atoms with Gasteiger partial charge in [-0.25, -0.2) is 4.79 Å². The number of carbonyl (C=O) groups is 2. The topological polar surface area (TPSA) is 87.4 Å². The molecule has 0 aliphatic heterocycles. The molecule has 5 heteroatoms. The van der Waals surface area contributed by atoms with Crippen LogP contribution in [0.2, 0.25) is 0 Å². The minimum atomic E-state index is -0.692. The predicted octanol–water partition coefficient (Wildman–Crippen LogP) is 1.25. The highest BCUT2D eigenvalue weighted by molar-refractivity contribution is 5.95. The summed E-state index contributed by atoms with van der Waals surface area (Å²) >= 11 is 0. The van der Waals surface area contributed by atoms with Gasteiger partial charge < -0.3 is 9.84 Å². The summed E-state index contributed by atoms with van der Waals surface area (Å²) in [7, 11) is 0. The molecule has 1 rings (SSSR count). The Balaban J connectivity index is 3.31. The Morgan fingerprint density at radius 1 is 1.62 bits per heavy atom. The molecule has 82 valence electrons. The van der Waals surface area contributed by atoms with Crippen LogP contribution in [-0.4, -0.2) is 24.0 Å². The van der Waals surface area contributed by atoms with Gasteiger partial charge in [0.15, 0.2) is 6.29 Å². The summed E-state index contributed by atoms with van der Waals surface area (Å²) in [5.74, 6) is -1.03. The zero-order chi connectivity index (χ0) is 12.1. The third-order valence-corrected chi connectivity index (χ3v) is 1.91. The number of nitriles is 1. The zero-order valence-corrected chi connectivity index (χ0v) is 8.56. The third-order valence-electron chi connectivity index (χ3n) is 1.91. The highest BCUT2D eigenvalue weighted by Crippen LogP contribution is 2.21. The van der Waals surface area contributed by atoms with Gasteiger partial charge in [-0.3, -0.25) is 4.79 Å². The van der Waals surface area contributed by atoms with Crippen LogP contribution in [0.3, 0.4) is 0 Å². The summed E-state index contributed by atoms with van der Waals surface area (Å²) in [5.41, 5.74) is -0.104. The van der Waals surface area contributed by atoms with Crippen LogP contribution in [0.1, 0.15) is 33.2 Å². The van der Waals surface area contributed by atoms with Gasteiger partial charge in [0.05, 0.1) is 23.3 Å². The Morgan fingerprint density at radius 3 is 2.81 bits per heavy atom. The standard InChI is InChI=1S/C11H9NO4/c1-2-16-11(15)9-3-8(6-13)10(14)4-7(9)5-12/h3-4,6,14H,2H2,1H3. The van der Waals surface area contributed by atoms with Gasteiger partial charge in [-0.2, -0.15) is 5.26 Å². The van der Waals surface area contributed by atoms with Crippen LogP contribution in [-0.2, 0) is 4.74 Å². The number of hydrogen-bond acceptors (Lipinski definition) is 5. The van der Waals surface area contributed by atoms with Crippen LogP contribution in [0.4, 0.5) is 0 Å². The third kappa shape index (κ3) is 2.17. The van der Waals surface area contributed by atoms with Crippen molar-refractivity contribution in [3.05, 3.63) is 28.8 Å². The van der Waals surface area contributed by atoms with E-state index < -0.39 is 5.97 Å². The molecule has 1 aromatic carbocycles. The molecule has 0 atom stereocenters. The highest BCUT2D eigenvalue weighted by Gasteiger charge is 2.16. The molecular weight excluding hydrogens is 210 g/mol. The Hall–Kier alpha value is -2.35. The Labute approximate surface area is 91.9 Å². The lowest BCUT2D eigenvalue weighted by Crippen LogP contribution is -2.07. The van der Waals surface area contributed by atoms with Crippen molar-refractivity contribution in [2.24, 2.45) is 0 Å². The zero-order valence-electron chi connectivity index (χ0n) is 8.56. The van der Waals surface area contributed by atoms with E-state index in [0.717, 1.165) is 12.1 Å². The Kier molecular flexibility index (Phi) is 3.62. The molecule has 0 saturated carbocycles. The molecule has 0 bridgehead atoms. The number of carbonyl (C=O) groups excluding carboxylic acids is 2. The average Bonchev–Trinajstić information content (AvgIpc) is 2.28. The van der Waals surface area contributed by atoms with Crippen molar-refractivity contribution < 1.29 is 19.4 Å². The molecule has 16 heavy (non-hydrogen) atoms. The van der Waals surface area contributed by atoms with Gasteiger partial charge >= 0.3 is 5.97 Å². The number of aldehydes is 1. The monoisotopic (exact) mass is 219 g/mol. The first-order valence-electron chi connectivity index (χ1n) is 4.53. The van der Waals surface area contributed by atoms with E-state index >= 15 is 0 Å². The number of ether oxygens (including phenoxy) is 1. The molecule has 1 aromatic rings. The van der Waals surface area contributed by atoms with Crippen LogP contribution in [0, 0.1) is 11.3 Å². The summed E-state index contributed by atoms with van der Waals surface area (Å²) < 4.78 is 4.72. The molecule has 0 fully saturated rings. The van der Waals surface area contributed by atoms with Crippen molar-refractivity contribution in [2.45, 2.75) is 6.92 Å². The number of nitrogens with zero attached hydrogens (tertiary/aromatic N) is 1. The maximum absolute atomic E-state index is 11.4. The van der Waals surface area contributed by atoms with Crippen LogP contribution >= 0.6 is 0 Å². The molecule has 0 saturated heterocycles. The van der Waals surface area contributed by atoms with Gasteiger partial charge in [0.1, 0.15) is 11.8 Å². The van der Waals surface area contributed by atoms with Crippen molar-refractivity contribution in [3.63, 3.8) is 0 Å². The summed E-state index contributed by atoms with van der Waals surface area (Å²) in [6.45, 7) is 1.80. The van der Waals surface area contributed by atoms with E-state index in [0.29, 0.717) is 6.29 Å². The summed E-state index contributed by atoms with van der Waals surface area (Å²) in [6, 6.07) is 3.95. The van der Waals surface area contributed by atoms with E-state index in [1.807, 2.05) is 0 Å². The molecular formula is C11H9NO4. The van der Waals surface area contributed by atoms with E-state index in [9.17, 15) is 14.7 Å². The van der Waals surface area contributed by atoms with Gasteiger partial charge in [0.25, 0.3) is 0 Å². The second-order valence-electron chi connectivity index (χ2n) is 2.91. The fraction of sp³-hybridized carbons (Fsp3) is 0.182. The molecule has 5 nitrogen and oxygen atoms in total. The fourth-order valence-corrected chi connectivity index (χ4v) is 1.17. The second-order valence-corrected chi connectivity index (χ2v) is 2.91. The molecule has 0 unspecified atom stereocenters. The maximum atomic E-state index is 11.4. The molecule has 1 N–H and O–H groups in total. The summed E-state index contributed by atoms with van der Waals surface area (Å²) in [4.78, 5) is 22.0. The van der Waals surface area contributed by atoms with Gasteiger partial charge in [0.2, 0.25) is 0 Å². The van der Waals surface area contributed by atoms with Crippen LogP contribution in [0.15, 0.2) is 12.1 Å². The predicted molar refractivity (Wildman–Crippen MR) is 54.2 cm³/mol. The molecule has 0 radical (unpaired) electrons. The number of benzene rings is 1. The van der Waals surface area contributed by atoms with Gasteiger partial charge in [-0.15, -0.1) is 0 Å². The molecule has 0 aliphatic carbocycles. The maximum Gasteiger partial charge on any atom is 0.339 e. The molecule has 0 heterocycles. The number of hydrogen-bond donors (Lipinski definition) is 1. The fourth-order valence-electron chi connectivity index (χ4n) is 1.17. The van der Waals surface area contributed by atoms with Crippen molar-refractivity contribution in [3.8, 4) is 11.8 Å². The lowest BCUT2D eigenvalue weighted by molar-refractivity contribution is 0.0526. The molecule has 0 aliphatic rings. The van der Waals surface area contributed by atoms with Crippen molar-refractivity contribution in [1.82, 2.24) is 0 Å². The quantitative estimate of drug-likeness (QED) is 0.610. The average molecular weight is 219 g/mol. The SMILES string of the molecule is CCOC(=O)c1cc(C=O)c(O)cc1C#N. The summed E-state index contributed by atoms with van der Waals surface area (Å²) in [5, 5.41) is 18.1. The second kappa shape index (κ2) is 4.94. The van der Waals surface area contributed by atoms with Crippen LogP contribution in [0.25, 0.3) is 0 Å². The minimum absolute atomic E-state index is 0.0238. The van der Waals surface area contributed by atoms with Crippen LogP contribution < -0.4 is 0 Å². The lowest BCUT2D eigenvalue weighted by atomic mass is 10.0. The van der Waals surface area contributed by atoms with Gasteiger partial charge in [-0.05, 0) is 19.1 Å². The largest absolute Gasteiger partial charge is 0.507 e. The highest BCUT2D eigenvalue weighted by atomic mass is 16.5. The lowest BCUT2D eigenvalue weighted by Gasteiger charge is -2.05. The van der Waals surface area contributed by atoms with Crippen LogP contribution in [0.5, 0.6) is 5.75 Å². The first-order valence-corrected chi connectivity index (χ1v) is 4.53. The van der Waals surface area contributed by atoms with Crippen molar-refractivity contribution >= 4 is 12.3 Å². The van der Waals surface area contributed by atoms with Crippen molar-refractivity contribution in [1.29, 1.82) is 5.26 Å². The number of aromatic hydroxyl groups is 1. The van der Waals surface area contributed by atoms with E-state index in [1.54, 1.807) is 13.0 Å². The molecule has 0 aromatic heterocycles. The Bertz CT molecular complexity index is 474. The summed E-state index contributed by atoms with van der Waals surface area (Å²) in [6.07, 6.45) is 0.402. The van der Waals surface area contributed by atoms with E-state index in [2.05, 4.69) is 0 Å². The smallest absolute Gasteiger partial charge is 0.339 e. The van der Waals surface area contributed by atoms with Crippen molar-refractivity contribution in [2.75, 3.05) is 6.61 Å². The van der Waals surface area contributed by atoms with Gasteiger partial charge in [0, 0.05) is 0 Å². The minimum Gasteiger partial charge on any atom is -0.507 e. The van der Waals surface area contributed by atoms with Gasteiger partial charge in [-0.1, -0.05) is 0 Å². The van der Waals surface area contributed by atoms with E-state index in [4.69, 9.17) is 10.00 Å². The number of rotatable bonds is 3. The number of esters is 1. The van der Waals surface area contributed by atoms with E-state index in [-0.39, 0.29) is 29.0 Å². The first-order chi connectivity index (χ1) is 7.63. The van der Waals surface area contributed by atoms with E-state index in [1.165, 1.54) is 0 Å². The molecule has 0 spiro atoms. The number of phenolic OH excluding ortho intramolecular Hbond substituents is 1.